The van der Waals surface area contributed by atoms with E-state index in [0.29, 0.717) is 5.75 Å². The van der Waals surface area contributed by atoms with E-state index in [2.05, 4.69) is 4.72 Å². The van der Waals surface area contributed by atoms with Crippen LogP contribution in [0.1, 0.15) is 18.9 Å². The number of nitrogens with one attached hydrogen (secondary N) is 1. The maximum absolute atomic E-state index is 11.8. The maximum Gasteiger partial charge on any atom is 0.228 e. The van der Waals surface area contributed by atoms with Gasteiger partial charge in [-0.3, -0.25) is 0 Å². The minimum absolute atomic E-state index is 0.151. The molecule has 1 atom stereocenters. The third kappa shape index (κ3) is 3.72. The van der Waals surface area contributed by atoms with Crippen LogP contribution in [0.5, 0.6) is 5.75 Å². The van der Waals surface area contributed by atoms with Gasteiger partial charge in [0.05, 0.1) is 13.2 Å². The van der Waals surface area contributed by atoms with Gasteiger partial charge in [-0.05, 0) is 24.1 Å². The first-order valence-electron chi connectivity index (χ1n) is 5.54. The van der Waals surface area contributed by atoms with Crippen molar-refractivity contribution in [2.24, 2.45) is 0 Å². The van der Waals surface area contributed by atoms with Crippen molar-refractivity contribution in [1.29, 1.82) is 5.26 Å². The molecule has 0 heterocycles. The first kappa shape index (κ1) is 14.5. The minimum Gasteiger partial charge on any atom is -0.497 e. The predicted molar refractivity (Wildman–Crippen MR) is 68.4 cm³/mol. The molecule has 0 radical (unpaired) electrons. The summed E-state index contributed by atoms with van der Waals surface area (Å²) in [5.41, 5.74) is 0.783. The molecule has 0 fully saturated rings. The summed E-state index contributed by atoms with van der Waals surface area (Å²) in [4.78, 5) is 0. The van der Waals surface area contributed by atoms with Crippen molar-refractivity contribution < 1.29 is 13.2 Å². The zero-order valence-corrected chi connectivity index (χ0v) is 11.2. The Morgan fingerprint density at radius 1 is 1.50 bits per heavy atom. The van der Waals surface area contributed by atoms with Gasteiger partial charge < -0.3 is 4.74 Å². The van der Waals surface area contributed by atoms with Crippen LogP contribution in [0.3, 0.4) is 0 Å². The molecule has 1 unspecified atom stereocenters. The molecule has 0 saturated carbocycles. The quantitative estimate of drug-likeness (QED) is 0.846. The van der Waals surface area contributed by atoms with Crippen molar-refractivity contribution in [3.05, 3.63) is 29.8 Å². The summed E-state index contributed by atoms with van der Waals surface area (Å²) in [5, 5.41) is 7.74. The van der Waals surface area contributed by atoms with Crippen molar-refractivity contribution in [2.45, 2.75) is 25.1 Å². The van der Waals surface area contributed by atoms with Gasteiger partial charge in [-0.25, -0.2) is 13.1 Å². The molecule has 0 saturated heterocycles. The standard InChI is InChI=1S/C12H16N2O3S/c1-3-12(8-13)18(15,16)14-9-10-5-4-6-11(7-10)17-2/h4-7,12,14H,3,9H2,1-2H3. The van der Waals surface area contributed by atoms with E-state index in [-0.39, 0.29) is 13.0 Å². The second-order valence-corrected chi connectivity index (χ2v) is 5.69. The SMILES string of the molecule is CCC(C#N)S(=O)(=O)NCc1cccc(OC)c1. The van der Waals surface area contributed by atoms with Gasteiger partial charge in [-0.2, -0.15) is 5.26 Å². The molecule has 1 aromatic carbocycles. The Bertz CT molecular complexity index is 534. The summed E-state index contributed by atoms with van der Waals surface area (Å²) in [7, 11) is -2.04. The molecule has 0 amide bonds. The number of sulfonamides is 1. The van der Waals surface area contributed by atoms with E-state index in [4.69, 9.17) is 10.00 Å². The van der Waals surface area contributed by atoms with Gasteiger partial charge in [0, 0.05) is 6.54 Å². The smallest absolute Gasteiger partial charge is 0.228 e. The Hall–Kier alpha value is -1.58. The molecule has 0 aliphatic rings. The van der Waals surface area contributed by atoms with Crippen molar-refractivity contribution in [3.8, 4) is 11.8 Å². The minimum atomic E-state index is -3.59. The zero-order chi connectivity index (χ0) is 13.6. The highest BCUT2D eigenvalue weighted by molar-refractivity contribution is 7.90. The molecular formula is C12H16N2O3S. The second kappa shape index (κ2) is 6.38. The Kier molecular flexibility index (Phi) is 5.13. The van der Waals surface area contributed by atoms with Crippen LogP contribution < -0.4 is 9.46 Å². The van der Waals surface area contributed by atoms with E-state index >= 15 is 0 Å². The molecule has 1 N–H and O–H groups in total. The number of nitriles is 1. The van der Waals surface area contributed by atoms with Crippen LogP contribution in [0.2, 0.25) is 0 Å². The molecule has 0 aliphatic heterocycles. The summed E-state index contributed by atoms with van der Waals surface area (Å²) in [6, 6.07) is 8.87. The molecular weight excluding hydrogens is 252 g/mol. The van der Waals surface area contributed by atoms with Gasteiger partial charge in [-0.1, -0.05) is 19.1 Å². The Balaban J connectivity index is 2.73. The Labute approximate surface area is 107 Å². The molecule has 5 nitrogen and oxygen atoms in total. The number of nitrogens with zero attached hydrogens (tertiary/aromatic N) is 1. The summed E-state index contributed by atoms with van der Waals surface area (Å²) in [6.07, 6.45) is 0.268. The molecule has 1 aromatic rings. The number of rotatable bonds is 6. The third-order valence-corrected chi connectivity index (χ3v) is 4.24. The van der Waals surface area contributed by atoms with E-state index in [1.54, 1.807) is 44.4 Å². The first-order valence-corrected chi connectivity index (χ1v) is 7.09. The normalized spacial score (nSPS) is 12.7. The lowest BCUT2D eigenvalue weighted by Crippen LogP contribution is -2.32. The van der Waals surface area contributed by atoms with Gasteiger partial charge in [0.2, 0.25) is 10.0 Å². The third-order valence-electron chi connectivity index (χ3n) is 2.50. The summed E-state index contributed by atoms with van der Waals surface area (Å²) >= 11 is 0. The second-order valence-electron chi connectivity index (χ2n) is 3.74. The predicted octanol–water partition coefficient (Wildman–Crippen LogP) is 1.42. The van der Waals surface area contributed by atoms with Gasteiger partial charge in [0.25, 0.3) is 0 Å². The Morgan fingerprint density at radius 3 is 2.78 bits per heavy atom. The topological polar surface area (TPSA) is 79.2 Å². The fourth-order valence-electron chi connectivity index (χ4n) is 1.45. The molecule has 0 spiro atoms. The van der Waals surface area contributed by atoms with Crippen LogP contribution in [0.25, 0.3) is 0 Å². The number of methoxy groups -OCH3 is 1. The largest absolute Gasteiger partial charge is 0.497 e. The van der Waals surface area contributed by atoms with Gasteiger partial charge in [0.15, 0.2) is 5.25 Å². The molecule has 98 valence electrons. The average Bonchev–Trinajstić information content (AvgIpc) is 2.38. The van der Waals surface area contributed by atoms with E-state index in [1.165, 1.54) is 0 Å². The fourth-order valence-corrected chi connectivity index (χ4v) is 2.59. The van der Waals surface area contributed by atoms with E-state index in [1.807, 2.05) is 0 Å². The molecule has 1 rings (SSSR count). The highest BCUT2D eigenvalue weighted by atomic mass is 32.2. The monoisotopic (exact) mass is 268 g/mol. The maximum atomic E-state index is 11.8. The van der Waals surface area contributed by atoms with Crippen LogP contribution in [-0.4, -0.2) is 20.8 Å². The van der Waals surface area contributed by atoms with Crippen molar-refractivity contribution >= 4 is 10.0 Å². The van der Waals surface area contributed by atoms with Crippen molar-refractivity contribution in [3.63, 3.8) is 0 Å². The summed E-state index contributed by atoms with van der Waals surface area (Å²) in [5.74, 6) is 0.666. The lowest BCUT2D eigenvalue weighted by Gasteiger charge is -2.10. The van der Waals surface area contributed by atoms with Crippen LogP contribution in [0.4, 0.5) is 0 Å². The Morgan fingerprint density at radius 2 is 2.22 bits per heavy atom. The van der Waals surface area contributed by atoms with E-state index in [9.17, 15) is 8.42 Å². The lowest BCUT2D eigenvalue weighted by molar-refractivity contribution is 0.414. The molecule has 18 heavy (non-hydrogen) atoms. The van der Waals surface area contributed by atoms with Crippen LogP contribution in [0, 0.1) is 11.3 Å². The van der Waals surface area contributed by atoms with Gasteiger partial charge in [-0.15, -0.1) is 0 Å². The molecule has 0 aliphatic carbocycles. The van der Waals surface area contributed by atoms with E-state index in [0.717, 1.165) is 5.56 Å². The summed E-state index contributed by atoms with van der Waals surface area (Å²) in [6.45, 7) is 1.82. The average molecular weight is 268 g/mol. The van der Waals surface area contributed by atoms with Crippen LogP contribution >= 0.6 is 0 Å². The number of ether oxygens (including phenoxy) is 1. The van der Waals surface area contributed by atoms with Crippen molar-refractivity contribution in [1.82, 2.24) is 4.72 Å². The van der Waals surface area contributed by atoms with Gasteiger partial charge in [0.1, 0.15) is 5.75 Å². The zero-order valence-electron chi connectivity index (χ0n) is 10.4. The highest BCUT2D eigenvalue weighted by Gasteiger charge is 2.22. The van der Waals surface area contributed by atoms with Gasteiger partial charge >= 0.3 is 0 Å². The fraction of sp³-hybridized carbons (Fsp3) is 0.417. The molecule has 0 bridgehead atoms. The number of hydrogen-bond donors (Lipinski definition) is 1. The van der Waals surface area contributed by atoms with Crippen molar-refractivity contribution in [2.75, 3.05) is 7.11 Å². The highest BCUT2D eigenvalue weighted by Crippen LogP contribution is 2.13. The summed E-state index contributed by atoms with van der Waals surface area (Å²) < 4.78 is 31.0. The first-order chi connectivity index (χ1) is 8.53. The van der Waals surface area contributed by atoms with E-state index < -0.39 is 15.3 Å². The lowest BCUT2D eigenvalue weighted by atomic mass is 10.2. The number of hydrogen-bond acceptors (Lipinski definition) is 4. The number of benzene rings is 1. The molecule has 6 heteroatoms. The molecule has 0 aromatic heterocycles. The van der Waals surface area contributed by atoms with Crippen LogP contribution in [0.15, 0.2) is 24.3 Å². The van der Waals surface area contributed by atoms with Crippen LogP contribution in [-0.2, 0) is 16.6 Å².